The summed E-state index contributed by atoms with van der Waals surface area (Å²) >= 11 is 0. The predicted molar refractivity (Wildman–Crippen MR) is 66.8 cm³/mol. The number of rotatable bonds is 1. The normalized spacial score (nSPS) is 11.3. The van der Waals surface area contributed by atoms with Crippen molar-refractivity contribution in [2.24, 2.45) is 0 Å². The second kappa shape index (κ2) is 3.36. The van der Waals surface area contributed by atoms with E-state index < -0.39 is 0 Å². The molecule has 0 radical (unpaired) electrons. The molecule has 86 valence electrons. The lowest BCUT2D eigenvalue weighted by molar-refractivity contribution is 1.11. The smallest absolute Gasteiger partial charge is 0.120 e. The molecule has 0 unspecified atom stereocenters. The highest BCUT2D eigenvalue weighted by atomic mass is 15.1. The average molecular weight is 236 g/mol. The van der Waals surface area contributed by atoms with Crippen molar-refractivity contribution in [1.29, 1.82) is 0 Å². The van der Waals surface area contributed by atoms with E-state index in [1.165, 1.54) is 0 Å². The fourth-order valence-electron chi connectivity index (χ4n) is 2.01. The van der Waals surface area contributed by atoms with Crippen LogP contribution in [0.3, 0.4) is 0 Å². The Hall–Kier alpha value is -2.76. The van der Waals surface area contributed by atoms with Crippen LogP contribution in [0.15, 0.2) is 36.8 Å². The van der Waals surface area contributed by atoms with Crippen LogP contribution in [0.25, 0.3) is 33.3 Å². The van der Waals surface area contributed by atoms with Crippen LogP contribution < -0.4 is 0 Å². The Morgan fingerprint density at radius 2 is 1.94 bits per heavy atom. The van der Waals surface area contributed by atoms with Gasteiger partial charge in [0.2, 0.25) is 0 Å². The molecule has 0 bridgehead atoms. The lowest BCUT2D eigenvalue weighted by Gasteiger charge is -1.96. The molecule has 0 fully saturated rings. The zero-order valence-corrected chi connectivity index (χ0v) is 9.25. The van der Waals surface area contributed by atoms with Crippen molar-refractivity contribution in [2.45, 2.75) is 0 Å². The van der Waals surface area contributed by atoms with Crippen molar-refractivity contribution in [2.75, 3.05) is 0 Å². The minimum absolute atomic E-state index is 0.807. The molecule has 2 N–H and O–H groups in total. The number of H-pyrrole nitrogens is 2. The SMILES string of the molecule is c1cc2[nH]nc(-c3ccc4[nH]ncc4n3)c2cn1. The maximum Gasteiger partial charge on any atom is 0.120 e. The van der Waals surface area contributed by atoms with Crippen molar-refractivity contribution < 1.29 is 0 Å². The van der Waals surface area contributed by atoms with Gasteiger partial charge in [0.1, 0.15) is 11.2 Å². The molecular weight excluding hydrogens is 228 g/mol. The first-order valence-corrected chi connectivity index (χ1v) is 5.50. The van der Waals surface area contributed by atoms with Crippen LogP contribution >= 0.6 is 0 Å². The van der Waals surface area contributed by atoms with Gasteiger partial charge in [-0.05, 0) is 18.2 Å². The van der Waals surface area contributed by atoms with Gasteiger partial charge < -0.3 is 0 Å². The summed E-state index contributed by atoms with van der Waals surface area (Å²) in [5.41, 5.74) is 4.31. The zero-order chi connectivity index (χ0) is 11.9. The third-order valence-corrected chi connectivity index (χ3v) is 2.90. The van der Waals surface area contributed by atoms with Crippen LogP contribution in [0.2, 0.25) is 0 Å². The summed E-state index contributed by atoms with van der Waals surface area (Å²) in [5, 5.41) is 15.1. The number of pyridine rings is 2. The summed E-state index contributed by atoms with van der Waals surface area (Å²) in [5.74, 6) is 0. The summed E-state index contributed by atoms with van der Waals surface area (Å²) in [4.78, 5) is 8.64. The summed E-state index contributed by atoms with van der Waals surface area (Å²) in [6.07, 6.45) is 5.22. The Bertz CT molecular complexity index is 844. The van der Waals surface area contributed by atoms with Gasteiger partial charge in [-0.2, -0.15) is 10.2 Å². The Kier molecular flexibility index (Phi) is 1.74. The van der Waals surface area contributed by atoms with Crippen LogP contribution in [-0.2, 0) is 0 Å². The molecule has 4 aromatic heterocycles. The topological polar surface area (TPSA) is 83.1 Å². The van der Waals surface area contributed by atoms with Crippen LogP contribution in [0.5, 0.6) is 0 Å². The maximum absolute atomic E-state index is 4.52. The van der Waals surface area contributed by atoms with Crippen molar-refractivity contribution in [1.82, 2.24) is 30.4 Å². The van der Waals surface area contributed by atoms with Gasteiger partial charge in [-0.25, -0.2) is 4.98 Å². The van der Waals surface area contributed by atoms with E-state index in [1.54, 1.807) is 18.6 Å². The van der Waals surface area contributed by atoms with Gasteiger partial charge in [0.15, 0.2) is 0 Å². The van der Waals surface area contributed by atoms with Crippen LogP contribution in [0.1, 0.15) is 0 Å². The Balaban J connectivity index is 2.00. The highest BCUT2D eigenvalue weighted by Gasteiger charge is 2.10. The monoisotopic (exact) mass is 236 g/mol. The first-order valence-electron chi connectivity index (χ1n) is 5.50. The largest absolute Gasteiger partial charge is 0.277 e. The van der Waals surface area contributed by atoms with E-state index in [0.717, 1.165) is 33.3 Å². The van der Waals surface area contributed by atoms with E-state index in [4.69, 9.17) is 0 Å². The summed E-state index contributed by atoms with van der Waals surface area (Å²) in [7, 11) is 0. The number of hydrogen-bond donors (Lipinski definition) is 2. The lowest BCUT2D eigenvalue weighted by atomic mass is 10.2. The summed E-state index contributed by atoms with van der Waals surface area (Å²) in [6, 6.07) is 5.76. The van der Waals surface area contributed by atoms with E-state index in [-0.39, 0.29) is 0 Å². The van der Waals surface area contributed by atoms with Crippen molar-refractivity contribution in [3.8, 4) is 11.4 Å². The van der Waals surface area contributed by atoms with Gasteiger partial charge >= 0.3 is 0 Å². The molecule has 0 amide bonds. The maximum atomic E-state index is 4.52. The zero-order valence-electron chi connectivity index (χ0n) is 9.25. The van der Waals surface area contributed by atoms with Crippen LogP contribution in [-0.4, -0.2) is 30.4 Å². The first kappa shape index (κ1) is 9.29. The highest BCUT2D eigenvalue weighted by molar-refractivity contribution is 5.92. The molecule has 0 aliphatic heterocycles. The second-order valence-electron chi connectivity index (χ2n) is 3.99. The molecule has 0 spiro atoms. The minimum Gasteiger partial charge on any atom is -0.277 e. The van der Waals surface area contributed by atoms with Gasteiger partial charge in [0.25, 0.3) is 0 Å². The number of aromatic amines is 2. The number of nitrogens with one attached hydrogen (secondary N) is 2. The lowest BCUT2D eigenvalue weighted by Crippen LogP contribution is -1.84. The molecule has 4 rings (SSSR count). The van der Waals surface area contributed by atoms with Crippen molar-refractivity contribution >= 4 is 21.9 Å². The Labute approximate surface area is 101 Å². The number of aromatic nitrogens is 6. The Morgan fingerprint density at radius 1 is 0.944 bits per heavy atom. The van der Waals surface area contributed by atoms with Gasteiger partial charge in [0, 0.05) is 17.8 Å². The fraction of sp³-hybridized carbons (Fsp3) is 0. The molecule has 4 heterocycles. The molecule has 4 aromatic rings. The van der Waals surface area contributed by atoms with Gasteiger partial charge in [0.05, 0.1) is 22.9 Å². The molecule has 0 aliphatic rings. The van der Waals surface area contributed by atoms with E-state index in [0.29, 0.717) is 0 Å². The molecule has 0 aromatic carbocycles. The van der Waals surface area contributed by atoms with E-state index in [9.17, 15) is 0 Å². The van der Waals surface area contributed by atoms with E-state index in [2.05, 4.69) is 30.4 Å². The molecular formula is C12H8N6. The van der Waals surface area contributed by atoms with Crippen molar-refractivity contribution in [3.05, 3.63) is 36.8 Å². The number of nitrogens with zero attached hydrogens (tertiary/aromatic N) is 4. The first-order chi connectivity index (χ1) is 8.92. The minimum atomic E-state index is 0.807. The van der Waals surface area contributed by atoms with Gasteiger partial charge in [-0.3, -0.25) is 15.2 Å². The van der Waals surface area contributed by atoms with Crippen molar-refractivity contribution in [3.63, 3.8) is 0 Å². The molecule has 0 atom stereocenters. The summed E-state index contributed by atoms with van der Waals surface area (Å²) < 4.78 is 0. The number of fused-ring (bicyclic) bond motifs is 2. The van der Waals surface area contributed by atoms with Crippen LogP contribution in [0, 0.1) is 0 Å². The number of hydrogen-bond acceptors (Lipinski definition) is 4. The van der Waals surface area contributed by atoms with Crippen LogP contribution in [0.4, 0.5) is 0 Å². The Morgan fingerprint density at radius 3 is 2.94 bits per heavy atom. The van der Waals surface area contributed by atoms with E-state index in [1.807, 2.05) is 18.2 Å². The summed E-state index contributed by atoms with van der Waals surface area (Å²) in [6.45, 7) is 0. The molecule has 6 nitrogen and oxygen atoms in total. The quantitative estimate of drug-likeness (QED) is 0.528. The molecule has 0 aliphatic carbocycles. The fourth-order valence-corrected chi connectivity index (χ4v) is 2.01. The molecule has 0 saturated heterocycles. The third kappa shape index (κ3) is 1.22. The second-order valence-corrected chi connectivity index (χ2v) is 3.99. The molecule has 0 saturated carbocycles. The standard InChI is InChI=1S/C12H8N6/c1-2-10(15-11-6-14-16-9(1)11)12-7-5-13-4-3-8(7)17-18-12/h1-6H,(H,14,16)(H,17,18). The van der Waals surface area contributed by atoms with Gasteiger partial charge in [-0.15, -0.1) is 0 Å². The predicted octanol–water partition coefficient (Wildman–Crippen LogP) is 1.90. The molecule has 6 heteroatoms. The molecule has 18 heavy (non-hydrogen) atoms. The highest BCUT2D eigenvalue weighted by Crippen LogP contribution is 2.24. The average Bonchev–Trinajstić information content (AvgIpc) is 3.04. The van der Waals surface area contributed by atoms with E-state index >= 15 is 0 Å². The third-order valence-electron chi connectivity index (χ3n) is 2.90. The van der Waals surface area contributed by atoms with Gasteiger partial charge in [-0.1, -0.05) is 0 Å².